The van der Waals surface area contributed by atoms with Gasteiger partial charge in [0, 0.05) is 62.5 Å². The van der Waals surface area contributed by atoms with Gasteiger partial charge in [-0.1, -0.05) is 29.8 Å². The molecular formula is C29H38Cl2N8O4. The summed E-state index contributed by atoms with van der Waals surface area (Å²) in [6, 6.07) is 3.19. The maximum atomic E-state index is 9.99. The summed E-state index contributed by atoms with van der Waals surface area (Å²) >= 11 is 13.5. The number of halogens is 2. The number of benzene rings is 1. The number of hydrogen-bond donors (Lipinski definition) is 4. The molecule has 0 spiro atoms. The summed E-state index contributed by atoms with van der Waals surface area (Å²) in [4.78, 5) is 19.1. The quantitative estimate of drug-likeness (QED) is 0.173. The number of aromatic nitrogens is 3. The first-order valence-electron chi connectivity index (χ1n) is 14.1. The van der Waals surface area contributed by atoms with Crippen LogP contribution in [0.15, 0.2) is 31.0 Å². The summed E-state index contributed by atoms with van der Waals surface area (Å²) in [5.41, 5.74) is 1.65. The van der Waals surface area contributed by atoms with Crippen LogP contribution >= 0.6 is 23.2 Å². The molecule has 2 aliphatic rings. The number of nitrogens with one attached hydrogen (secondary N) is 3. The smallest absolute Gasteiger partial charge is 0.223 e. The van der Waals surface area contributed by atoms with Gasteiger partial charge in [-0.3, -0.25) is 10.2 Å². The highest BCUT2D eigenvalue weighted by Crippen LogP contribution is 2.46. The zero-order chi connectivity index (χ0) is 30.5. The van der Waals surface area contributed by atoms with Crippen molar-refractivity contribution in [2.75, 3.05) is 84.4 Å². The number of hydrogen-bond acceptors (Lipinski definition) is 12. The van der Waals surface area contributed by atoms with Gasteiger partial charge >= 0.3 is 0 Å². The maximum absolute atomic E-state index is 9.99. The summed E-state index contributed by atoms with van der Waals surface area (Å²) < 4.78 is 16.6. The molecule has 2 fully saturated rings. The van der Waals surface area contributed by atoms with E-state index in [0.717, 1.165) is 38.1 Å². The molecule has 0 amide bonds. The number of methoxy groups -OCH3 is 2. The lowest BCUT2D eigenvalue weighted by Gasteiger charge is -2.32. The van der Waals surface area contributed by atoms with Gasteiger partial charge in [-0.25, -0.2) is 15.0 Å². The summed E-state index contributed by atoms with van der Waals surface area (Å²) in [7, 11) is 5.21. The lowest BCUT2D eigenvalue weighted by molar-refractivity contribution is 0.149. The van der Waals surface area contributed by atoms with E-state index in [1.165, 1.54) is 20.3 Å². The molecule has 3 aromatic rings. The van der Waals surface area contributed by atoms with E-state index in [1.54, 1.807) is 12.3 Å². The number of nitrogens with zero attached hydrogens (tertiary/aromatic N) is 5. The first-order valence-corrected chi connectivity index (χ1v) is 14.9. The largest absolute Gasteiger partial charge is 0.495 e. The Morgan fingerprint density at radius 1 is 1.09 bits per heavy atom. The first-order chi connectivity index (χ1) is 20.8. The summed E-state index contributed by atoms with van der Waals surface area (Å²) in [6.45, 7) is 10.1. The van der Waals surface area contributed by atoms with Crippen molar-refractivity contribution in [3.05, 3.63) is 41.0 Å². The predicted molar refractivity (Wildman–Crippen MR) is 170 cm³/mol. The Hall–Kier alpha value is -2.97. The number of aliphatic hydroxyl groups excluding tert-OH is 1. The van der Waals surface area contributed by atoms with Crippen LogP contribution in [0.1, 0.15) is 0 Å². The van der Waals surface area contributed by atoms with E-state index in [-0.39, 0.29) is 12.1 Å². The lowest BCUT2D eigenvalue weighted by Crippen LogP contribution is -2.47. The van der Waals surface area contributed by atoms with Crippen LogP contribution in [0.2, 0.25) is 10.0 Å². The van der Waals surface area contributed by atoms with E-state index >= 15 is 0 Å². The molecule has 43 heavy (non-hydrogen) atoms. The number of fused-ring (bicyclic) bond motifs is 1. The number of rotatable bonds is 12. The van der Waals surface area contributed by atoms with Crippen molar-refractivity contribution in [3.8, 4) is 22.8 Å². The maximum Gasteiger partial charge on any atom is 0.223 e. The van der Waals surface area contributed by atoms with Crippen molar-refractivity contribution in [2.24, 2.45) is 0 Å². The monoisotopic (exact) mass is 632 g/mol. The molecule has 0 saturated carbocycles. The van der Waals surface area contributed by atoms with Gasteiger partial charge < -0.3 is 34.9 Å². The molecule has 0 aliphatic carbocycles. The SMILES string of the molecule is C=CC(O)N[C@H]1COC[C@H]1Nc1ncc2cc(-c3c(Cl)c(OC)cc(OC)c3Cl)nc(NCCN3CCN(C)CC3)c2n1. The summed E-state index contributed by atoms with van der Waals surface area (Å²) in [6.07, 6.45) is 2.32. The zero-order valence-electron chi connectivity index (χ0n) is 24.6. The topological polar surface area (TPSA) is 129 Å². The van der Waals surface area contributed by atoms with Crippen molar-refractivity contribution in [3.63, 3.8) is 0 Å². The molecule has 232 valence electrons. The molecule has 5 rings (SSSR count). The highest BCUT2D eigenvalue weighted by molar-refractivity contribution is 6.41. The Morgan fingerprint density at radius 2 is 1.79 bits per heavy atom. The van der Waals surface area contributed by atoms with Crippen molar-refractivity contribution in [2.45, 2.75) is 18.3 Å². The fraction of sp³-hybridized carbons (Fsp3) is 0.483. The second-order valence-electron chi connectivity index (χ2n) is 10.6. The average molecular weight is 634 g/mol. The number of likely N-dealkylation sites (N-methyl/N-ethyl adjacent to an activating group) is 1. The highest BCUT2D eigenvalue weighted by atomic mass is 35.5. The Kier molecular flexibility index (Phi) is 10.4. The second-order valence-corrected chi connectivity index (χ2v) is 11.3. The Labute approximate surface area is 261 Å². The normalized spacial score (nSPS) is 20.2. The summed E-state index contributed by atoms with van der Waals surface area (Å²) in [5, 5.41) is 21.3. The third-order valence-electron chi connectivity index (χ3n) is 7.72. The van der Waals surface area contributed by atoms with E-state index in [0.29, 0.717) is 69.8 Å². The van der Waals surface area contributed by atoms with Gasteiger partial charge in [0.2, 0.25) is 5.95 Å². The molecule has 12 nitrogen and oxygen atoms in total. The van der Waals surface area contributed by atoms with Crippen LogP contribution in [0.25, 0.3) is 22.2 Å². The van der Waals surface area contributed by atoms with Gasteiger partial charge in [0.1, 0.15) is 23.2 Å². The highest BCUT2D eigenvalue weighted by Gasteiger charge is 2.30. The lowest BCUT2D eigenvalue weighted by atomic mass is 10.1. The molecule has 1 aromatic carbocycles. The molecule has 2 saturated heterocycles. The van der Waals surface area contributed by atoms with E-state index in [1.807, 2.05) is 6.07 Å². The molecule has 0 bridgehead atoms. The predicted octanol–water partition coefficient (Wildman–Crippen LogP) is 2.95. The third-order valence-corrected chi connectivity index (χ3v) is 8.47. The molecular weight excluding hydrogens is 595 g/mol. The van der Waals surface area contributed by atoms with Gasteiger partial charge in [-0.2, -0.15) is 0 Å². The minimum atomic E-state index is -0.846. The number of anilines is 2. The van der Waals surface area contributed by atoms with Crippen LogP contribution in [-0.2, 0) is 4.74 Å². The van der Waals surface area contributed by atoms with Crippen molar-refractivity contribution in [1.82, 2.24) is 30.1 Å². The number of ether oxygens (including phenoxy) is 3. The van der Waals surface area contributed by atoms with E-state index in [2.05, 4.69) is 44.4 Å². The minimum absolute atomic E-state index is 0.152. The van der Waals surface area contributed by atoms with Crippen molar-refractivity contribution >= 4 is 45.9 Å². The standard InChI is InChI=1S/C29H38Cl2N8O4/c1-5-23(40)34-19-15-43-16-20(19)36-29-33-14-17-12-18(24-25(30)21(41-3)13-22(42-4)26(24)31)35-28(27(17)37-29)32-6-7-39-10-8-38(2)9-11-39/h5,12-14,19-20,23,34,40H,1,6-11,15-16H2,2-4H3,(H,32,35)(H,33,36,37)/t19-,20+,23?/m0/s1. The molecule has 4 heterocycles. The third kappa shape index (κ3) is 7.23. The van der Waals surface area contributed by atoms with E-state index < -0.39 is 6.23 Å². The fourth-order valence-corrected chi connectivity index (χ4v) is 5.88. The molecule has 14 heteroatoms. The van der Waals surface area contributed by atoms with Gasteiger partial charge in [-0.15, -0.1) is 0 Å². The zero-order valence-corrected chi connectivity index (χ0v) is 26.1. The fourth-order valence-electron chi connectivity index (χ4n) is 5.19. The molecule has 2 aliphatic heterocycles. The van der Waals surface area contributed by atoms with Crippen LogP contribution in [0, 0.1) is 0 Å². The Bertz CT molecular complexity index is 1410. The van der Waals surface area contributed by atoms with Crippen LogP contribution in [0.4, 0.5) is 11.8 Å². The molecule has 0 radical (unpaired) electrons. The molecule has 4 N–H and O–H groups in total. The Balaban J connectivity index is 1.49. The van der Waals surface area contributed by atoms with Crippen LogP contribution in [-0.4, -0.2) is 122 Å². The molecule has 3 atom stereocenters. The average Bonchev–Trinajstić information content (AvgIpc) is 3.44. The van der Waals surface area contributed by atoms with Crippen molar-refractivity contribution < 1.29 is 19.3 Å². The minimum Gasteiger partial charge on any atom is -0.495 e. The van der Waals surface area contributed by atoms with Crippen LogP contribution in [0.3, 0.4) is 0 Å². The number of pyridine rings is 1. The van der Waals surface area contributed by atoms with E-state index in [4.69, 9.17) is 47.4 Å². The summed E-state index contributed by atoms with van der Waals surface area (Å²) in [5.74, 6) is 1.83. The van der Waals surface area contributed by atoms with Gasteiger partial charge in [0.25, 0.3) is 0 Å². The molecule has 2 aromatic heterocycles. The molecule has 1 unspecified atom stereocenters. The first kappa shape index (κ1) is 31.5. The van der Waals surface area contributed by atoms with Crippen molar-refractivity contribution in [1.29, 1.82) is 0 Å². The Morgan fingerprint density at radius 3 is 2.47 bits per heavy atom. The van der Waals surface area contributed by atoms with Crippen LogP contribution in [0.5, 0.6) is 11.5 Å². The van der Waals surface area contributed by atoms with Gasteiger partial charge in [0.05, 0.1) is 55.3 Å². The van der Waals surface area contributed by atoms with Gasteiger partial charge in [0.15, 0.2) is 5.82 Å². The van der Waals surface area contributed by atoms with E-state index in [9.17, 15) is 5.11 Å². The number of piperazine rings is 1. The van der Waals surface area contributed by atoms with Gasteiger partial charge in [-0.05, 0) is 19.2 Å². The van der Waals surface area contributed by atoms with Crippen LogP contribution < -0.4 is 25.4 Å². The number of aliphatic hydroxyl groups is 1. The second kappa shape index (κ2) is 14.2.